The summed E-state index contributed by atoms with van der Waals surface area (Å²) in [4.78, 5) is 12.0. The van der Waals surface area contributed by atoms with Crippen LogP contribution in [-0.2, 0) is 14.3 Å². The van der Waals surface area contributed by atoms with Crippen molar-refractivity contribution in [2.24, 2.45) is 0 Å². The monoisotopic (exact) mass is 294 g/mol. The third-order valence-corrected chi connectivity index (χ3v) is 3.87. The predicted molar refractivity (Wildman–Crippen MR) is 85.1 cm³/mol. The molecule has 0 aromatic heterocycles. The molecule has 0 saturated carbocycles. The lowest BCUT2D eigenvalue weighted by Crippen LogP contribution is -2.06. The number of ether oxygens (including phenoxy) is 2. The van der Waals surface area contributed by atoms with Crippen LogP contribution in [0.4, 0.5) is 0 Å². The van der Waals surface area contributed by atoms with E-state index in [-0.39, 0.29) is 18.2 Å². The maximum atomic E-state index is 12.0. The first kappa shape index (κ1) is 14.5. The van der Waals surface area contributed by atoms with E-state index < -0.39 is 0 Å². The Hall–Kier alpha value is -2.39. The van der Waals surface area contributed by atoms with Gasteiger partial charge in [-0.05, 0) is 23.6 Å². The van der Waals surface area contributed by atoms with Crippen LogP contribution < -0.4 is 0 Å². The van der Waals surface area contributed by atoms with Gasteiger partial charge in [-0.15, -0.1) is 0 Å². The summed E-state index contributed by atoms with van der Waals surface area (Å²) in [5, 5.41) is 0. The van der Waals surface area contributed by atoms with E-state index in [9.17, 15) is 4.79 Å². The number of hydrogen-bond donors (Lipinski definition) is 0. The number of carbonyl (C=O) groups is 1. The molecule has 2 aromatic carbocycles. The zero-order valence-corrected chi connectivity index (χ0v) is 12.7. The number of esters is 1. The fourth-order valence-corrected chi connectivity index (χ4v) is 2.73. The van der Waals surface area contributed by atoms with Gasteiger partial charge in [0.15, 0.2) is 0 Å². The van der Waals surface area contributed by atoms with E-state index in [0.29, 0.717) is 5.57 Å². The second-order valence-corrected chi connectivity index (χ2v) is 5.17. The van der Waals surface area contributed by atoms with Crippen molar-refractivity contribution in [3.05, 3.63) is 77.4 Å². The standard InChI is InChI=1S/C19H18O3/c1-3-14(19(20)21-2)15-11-7-8-12-16(15)18-17(22-18)13-9-5-4-6-10-13/h3-12,17-18H,1-2H3. The summed E-state index contributed by atoms with van der Waals surface area (Å²) in [5.74, 6) is -0.327. The van der Waals surface area contributed by atoms with Crippen molar-refractivity contribution in [1.29, 1.82) is 0 Å². The molecule has 3 heteroatoms. The first-order valence-electron chi connectivity index (χ1n) is 7.30. The van der Waals surface area contributed by atoms with Gasteiger partial charge in [0.05, 0.1) is 12.7 Å². The highest BCUT2D eigenvalue weighted by Crippen LogP contribution is 2.52. The normalized spacial score (nSPS) is 20.5. The summed E-state index contributed by atoms with van der Waals surface area (Å²) in [6.45, 7) is 1.84. The number of benzene rings is 2. The third-order valence-electron chi connectivity index (χ3n) is 3.87. The van der Waals surface area contributed by atoms with Crippen molar-refractivity contribution in [1.82, 2.24) is 0 Å². The summed E-state index contributed by atoms with van der Waals surface area (Å²) in [7, 11) is 1.40. The highest BCUT2D eigenvalue weighted by Gasteiger charge is 2.42. The summed E-state index contributed by atoms with van der Waals surface area (Å²) < 4.78 is 10.7. The average Bonchev–Trinajstić information content (AvgIpc) is 3.37. The average molecular weight is 294 g/mol. The molecular formula is C19H18O3. The van der Waals surface area contributed by atoms with E-state index in [1.165, 1.54) is 7.11 Å². The van der Waals surface area contributed by atoms with Crippen LogP contribution in [0.1, 0.15) is 35.8 Å². The molecule has 112 valence electrons. The molecule has 1 aliphatic heterocycles. The number of allylic oxidation sites excluding steroid dienone is 1. The van der Waals surface area contributed by atoms with E-state index in [4.69, 9.17) is 9.47 Å². The van der Waals surface area contributed by atoms with Crippen LogP contribution in [0.5, 0.6) is 0 Å². The van der Waals surface area contributed by atoms with Crippen molar-refractivity contribution in [2.75, 3.05) is 7.11 Å². The highest BCUT2D eigenvalue weighted by molar-refractivity contribution is 6.16. The van der Waals surface area contributed by atoms with E-state index >= 15 is 0 Å². The first-order valence-corrected chi connectivity index (χ1v) is 7.30. The van der Waals surface area contributed by atoms with Crippen LogP contribution in [0.2, 0.25) is 0 Å². The zero-order valence-electron chi connectivity index (χ0n) is 12.7. The zero-order chi connectivity index (χ0) is 15.5. The SMILES string of the molecule is CC=C(C(=O)OC)c1ccccc1C1OC1c1ccccc1. The Labute approximate surface area is 130 Å². The van der Waals surface area contributed by atoms with Crippen LogP contribution >= 0.6 is 0 Å². The Morgan fingerprint density at radius 2 is 1.73 bits per heavy atom. The van der Waals surface area contributed by atoms with Crippen molar-refractivity contribution in [3.63, 3.8) is 0 Å². The third kappa shape index (κ3) is 2.68. The quantitative estimate of drug-likeness (QED) is 0.484. The lowest BCUT2D eigenvalue weighted by molar-refractivity contribution is -0.133. The van der Waals surface area contributed by atoms with Crippen molar-refractivity contribution >= 4 is 11.5 Å². The summed E-state index contributed by atoms with van der Waals surface area (Å²) >= 11 is 0. The Morgan fingerprint density at radius 1 is 1.05 bits per heavy atom. The summed E-state index contributed by atoms with van der Waals surface area (Å²) in [6, 6.07) is 18.0. The van der Waals surface area contributed by atoms with E-state index in [1.54, 1.807) is 6.08 Å². The molecule has 2 atom stereocenters. The van der Waals surface area contributed by atoms with Gasteiger partial charge in [-0.2, -0.15) is 0 Å². The largest absolute Gasteiger partial charge is 0.465 e. The Balaban J connectivity index is 1.92. The molecule has 0 amide bonds. The molecule has 22 heavy (non-hydrogen) atoms. The Morgan fingerprint density at radius 3 is 2.41 bits per heavy atom. The van der Waals surface area contributed by atoms with Crippen molar-refractivity contribution in [3.8, 4) is 0 Å². The minimum Gasteiger partial charge on any atom is -0.465 e. The minimum absolute atomic E-state index is 0.0155. The molecule has 0 radical (unpaired) electrons. The first-order chi connectivity index (χ1) is 10.8. The fraction of sp³-hybridized carbons (Fsp3) is 0.211. The number of carbonyl (C=O) groups excluding carboxylic acids is 1. The van der Waals surface area contributed by atoms with Gasteiger partial charge >= 0.3 is 5.97 Å². The summed E-state index contributed by atoms with van der Waals surface area (Å²) in [6.07, 6.45) is 1.82. The predicted octanol–water partition coefficient (Wildman–Crippen LogP) is 4.08. The van der Waals surface area contributed by atoms with Crippen molar-refractivity contribution in [2.45, 2.75) is 19.1 Å². The van der Waals surface area contributed by atoms with Crippen LogP contribution in [0.15, 0.2) is 60.7 Å². The van der Waals surface area contributed by atoms with E-state index in [0.717, 1.165) is 16.7 Å². The van der Waals surface area contributed by atoms with Crippen molar-refractivity contribution < 1.29 is 14.3 Å². The lowest BCUT2D eigenvalue weighted by Gasteiger charge is -2.10. The van der Waals surface area contributed by atoms with Gasteiger partial charge in [-0.3, -0.25) is 0 Å². The topological polar surface area (TPSA) is 38.8 Å². The lowest BCUT2D eigenvalue weighted by atomic mass is 9.95. The van der Waals surface area contributed by atoms with Crippen LogP contribution in [0, 0.1) is 0 Å². The van der Waals surface area contributed by atoms with Crippen LogP contribution in [0.25, 0.3) is 5.57 Å². The van der Waals surface area contributed by atoms with Gasteiger partial charge in [-0.1, -0.05) is 60.7 Å². The Bertz CT molecular complexity index is 704. The maximum absolute atomic E-state index is 12.0. The number of rotatable bonds is 4. The number of methoxy groups -OCH3 is 1. The molecule has 0 bridgehead atoms. The molecule has 1 fully saturated rings. The molecule has 1 aliphatic rings. The second-order valence-electron chi connectivity index (χ2n) is 5.17. The molecule has 1 saturated heterocycles. The number of hydrogen-bond acceptors (Lipinski definition) is 3. The minimum atomic E-state index is -0.327. The molecule has 3 rings (SSSR count). The molecule has 2 unspecified atom stereocenters. The van der Waals surface area contributed by atoms with Gasteiger partial charge in [0.2, 0.25) is 0 Å². The molecule has 2 aromatic rings. The van der Waals surface area contributed by atoms with Gasteiger partial charge in [0.1, 0.15) is 12.2 Å². The molecular weight excluding hydrogens is 276 g/mol. The van der Waals surface area contributed by atoms with Gasteiger partial charge < -0.3 is 9.47 Å². The smallest absolute Gasteiger partial charge is 0.338 e. The molecule has 0 N–H and O–H groups in total. The molecule has 1 heterocycles. The molecule has 0 aliphatic carbocycles. The van der Waals surface area contributed by atoms with Crippen LogP contribution in [-0.4, -0.2) is 13.1 Å². The van der Waals surface area contributed by atoms with Gasteiger partial charge in [0, 0.05) is 0 Å². The number of epoxide rings is 1. The second kappa shape index (κ2) is 6.16. The van der Waals surface area contributed by atoms with Crippen LogP contribution in [0.3, 0.4) is 0 Å². The molecule has 0 spiro atoms. The molecule has 3 nitrogen and oxygen atoms in total. The highest BCUT2D eigenvalue weighted by atomic mass is 16.6. The van der Waals surface area contributed by atoms with E-state index in [1.807, 2.05) is 49.4 Å². The Kier molecular flexibility index (Phi) is 4.07. The maximum Gasteiger partial charge on any atom is 0.338 e. The summed E-state index contributed by atoms with van der Waals surface area (Å²) in [5.41, 5.74) is 3.62. The van der Waals surface area contributed by atoms with Gasteiger partial charge in [0.25, 0.3) is 0 Å². The fourth-order valence-electron chi connectivity index (χ4n) is 2.73. The van der Waals surface area contributed by atoms with E-state index in [2.05, 4.69) is 12.1 Å². The van der Waals surface area contributed by atoms with Gasteiger partial charge in [-0.25, -0.2) is 4.79 Å².